The number of aliphatic hydroxyl groups is 1. The molecule has 0 unspecified atom stereocenters. The van der Waals surface area contributed by atoms with Gasteiger partial charge in [0, 0.05) is 42.0 Å². The van der Waals surface area contributed by atoms with E-state index >= 15 is 0 Å². The van der Waals surface area contributed by atoms with E-state index in [1.54, 1.807) is 12.1 Å². The topological polar surface area (TPSA) is 139 Å². The van der Waals surface area contributed by atoms with Gasteiger partial charge >= 0.3 is 5.97 Å². The lowest BCUT2D eigenvalue weighted by molar-refractivity contribution is -0.139. The number of benzene rings is 2. The third kappa shape index (κ3) is 5.57. The number of hydrogen-bond acceptors (Lipinski definition) is 9. The van der Waals surface area contributed by atoms with Crippen molar-refractivity contribution < 1.29 is 19.7 Å². The third-order valence-electron chi connectivity index (χ3n) is 9.13. The summed E-state index contributed by atoms with van der Waals surface area (Å²) in [7, 11) is 0. The summed E-state index contributed by atoms with van der Waals surface area (Å²) < 4.78 is 7.08. The Hall–Kier alpha value is -4.16. The number of carboxylic acid groups (broad SMARTS) is 1. The molecule has 2 aromatic carbocycles. The molecular weight excluding hydrogens is 624 g/mol. The third-order valence-corrected chi connectivity index (χ3v) is 10.8. The molecule has 10 nitrogen and oxygen atoms in total. The number of carbonyl (C=O) groups is 1. The van der Waals surface area contributed by atoms with E-state index in [0.29, 0.717) is 32.8 Å². The number of nitrogens with zero attached hydrogens (tertiary/aromatic N) is 5. The number of hydrogen-bond donors (Lipinski definition) is 3. The van der Waals surface area contributed by atoms with E-state index in [4.69, 9.17) is 42.1 Å². The highest BCUT2D eigenvalue weighted by atomic mass is 35.5. The standard InChI is InChI=1S/C34H33ClN6O4S/c1-20-33(39-26(18-42)31(37-20)40-14-11-34(12-15-40)16-22-4-2-3-5-24(22)30(34)36)46-27-10-13-41-17-25(38-32(41)29(27)35)21-6-8-23(9-7-21)45-19-28(43)44/h2-10,13,17,30,42H,11-12,14-16,18-19,36H2,1H3,(H,43,44)/t30-/m1/s1. The molecule has 236 valence electrons. The first-order valence-corrected chi connectivity index (χ1v) is 16.3. The number of aliphatic carboxylic acids is 1. The molecule has 5 aromatic rings. The molecule has 46 heavy (non-hydrogen) atoms. The van der Waals surface area contributed by atoms with Crippen LogP contribution in [0.3, 0.4) is 0 Å². The largest absolute Gasteiger partial charge is 0.482 e. The zero-order valence-corrected chi connectivity index (χ0v) is 26.8. The van der Waals surface area contributed by atoms with Gasteiger partial charge < -0.3 is 30.0 Å². The van der Waals surface area contributed by atoms with Crippen LogP contribution in [0.1, 0.15) is 41.4 Å². The van der Waals surface area contributed by atoms with Crippen molar-refractivity contribution in [3.05, 3.63) is 94.5 Å². The summed E-state index contributed by atoms with van der Waals surface area (Å²) in [6, 6.07) is 17.5. The number of aliphatic hydroxyl groups excluding tert-OH is 1. The first-order valence-electron chi connectivity index (χ1n) is 15.1. The van der Waals surface area contributed by atoms with Crippen LogP contribution in [0.15, 0.2) is 76.9 Å². The predicted octanol–water partition coefficient (Wildman–Crippen LogP) is 5.70. The Labute approximate surface area is 275 Å². The highest BCUT2D eigenvalue weighted by Gasteiger charge is 2.46. The van der Waals surface area contributed by atoms with Crippen LogP contribution in [0.4, 0.5) is 5.82 Å². The maximum atomic E-state index is 10.8. The van der Waals surface area contributed by atoms with Crippen molar-refractivity contribution in [2.45, 2.75) is 48.8 Å². The monoisotopic (exact) mass is 656 g/mol. The van der Waals surface area contributed by atoms with Gasteiger partial charge in [-0.25, -0.2) is 19.7 Å². The van der Waals surface area contributed by atoms with Crippen LogP contribution in [-0.2, 0) is 17.8 Å². The molecule has 1 aliphatic carbocycles. The number of aromatic nitrogens is 4. The number of aryl methyl sites for hydroxylation is 1. The van der Waals surface area contributed by atoms with E-state index < -0.39 is 12.6 Å². The first-order chi connectivity index (χ1) is 22.2. The summed E-state index contributed by atoms with van der Waals surface area (Å²) in [5.41, 5.74) is 12.9. The van der Waals surface area contributed by atoms with Crippen LogP contribution < -0.4 is 15.4 Å². The molecule has 1 saturated heterocycles. The number of carboxylic acids is 1. The highest BCUT2D eigenvalue weighted by molar-refractivity contribution is 7.99. The first kappa shape index (κ1) is 30.5. The van der Waals surface area contributed by atoms with Crippen LogP contribution in [0.5, 0.6) is 5.75 Å². The molecule has 1 spiro atoms. The SMILES string of the molecule is Cc1nc(N2CCC3(CC2)Cc2ccccc2[C@H]3N)c(CO)nc1Sc1ccn2cc(-c3ccc(OCC(=O)O)cc3)nc2c1Cl. The Morgan fingerprint density at radius 2 is 1.87 bits per heavy atom. The minimum Gasteiger partial charge on any atom is -0.482 e. The number of rotatable bonds is 8. The normalized spacial score (nSPS) is 17.0. The number of anilines is 1. The Morgan fingerprint density at radius 1 is 1.11 bits per heavy atom. The molecular formula is C34H33ClN6O4S. The van der Waals surface area contributed by atoms with Gasteiger partial charge in [0.05, 0.1) is 23.0 Å². The molecule has 3 aromatic heterocycles. The van der Waals surface area contributed by atoms with E-state index in [0.717, 1.165) is 54.3 Å². The van der Waals surface area contributed by atoms with Crippen molar-refractivity contribution in [1.82, 2.24) is 19.4 Å². The Balaban J connectivity index is 1.08. The second-order valence-electron chi connectivity index (χ2n) is 11.9. The molecule has 7 rings (SSSR count). The van der Waals surface area contributed by atoms with E-state index in [9.17, 15) is 9.90 Å². The summed E-state index contributed by atoms with van der Waals surface area (Å²) in [5, 5.41) is 20.3. The lowest BCUT2D eigenvalue weighted by atomic mass is 9.73. The van der Waals surface area contributed by atoms with Gasteiger partial charge in [-0.1, -0.05) is 47.6 Å². The van der Waals surface area contributed by atoms with Crippen LogP contribution >= 0.6 is 23.4 Å². The molecule has 0 radical (unpaired) electrons. The summed E-state index contributed by atoms with van der Waals surface area (Å²) >= 11 is 8.27. The van der Waals surface area contributed by atoms with Gasteiger partial charge in [-0.2, -0.15) is 0 Å². The molecule has 1 fully saturated rings. The molecule has 0 saturated carbocycles. The Kier molecular flexibility index (Phi) is 8.10. The number of nitrogens with two attached hydrogens (primary N) is 1. The zero-order valence-electron chi connectivity index (χ0n) is 25.2. The number of halogens is 1. The Morgan fingerprint density at radius 3 is 2.59 bits per heavy atom. The van der Waals surface area contributed by atoms with E-state index in [1.165, 1.54) is 22.9 Å². The second-order valence-corrected chi connectivity index (χ2v) is 13.3. The molecule has 12 heteroatoms. The molecule has 0 bridgehead atoms. The van der Waals surface area contributed by atoms with Crippen molar-refractivity contribution >= 4 is 40.8 Å². The minimum absolute atomic E-state index is 0.0357. The average Bonchev–Trinajstić information content (AvgIpc) is 3.62. The zero-order chi connectivity index (χ0) is 32.0. The minimum atomic E-state index is -1.03. The van der Waals surface area contributed by atoms with Gasteiger partial charge in [-0.3, -0.25) is 0 Å². The van der Waals surface area contributed by atoms with Gasteiger partial charge in [0.1, 0.15) is 16.5 Å². The summed E-state index contributed by atoms with van der Waals surface area (Å²) in [6.07, 6.45) is 6.69. The van der Waals surface area contributed by atoms with Gasteiger partial charge in [0.25, 0.3) is 0 Å². The molecule has 1 aliphatic heterocycles. The smallest absolute Gasteiger partial charge is 0.341 e. The van der Waals surface area contributed by atoms with E-state index in [-0.39, 0.29) is 18.1 Å². The van der Waals surface area contributed by atoms with Gasteiger partial charge in [0.2, 0.25) is 0 Å². The lowest BCUT2D eigenvalue weighted by Crippen LogP contribution is -2.45. The van der Waals surface area contributed by atoms with Crippen LogP contribution in [0, 0.1) is 12.3 Å². The van der Waals surface area contributed by atoms with Gasteiger partial charge in [-0.05, 0) is 73.1 Å². The number of fused-ring (bicyclic) bond motifs is 2. The van der Waals surface area contributed by atoms with Crippen LogP contribution in [0.25, 0.3) is 16.9 Å². The number of ether oxygens (including phenoxy) is 1. The van der Waals surface area contributed by atoms with Crippen LogP contribution in [-0.4, -0.2) is 55.2 Å². The molecule has 1 atom stereocenters. The van der Waals surface area contributed by atoms with Crippen molar-refractivity contribution in [3.8, 4) is 17.0 Å². The summed E-state index contributed by atoms with van der Waals surface area (Å²) in [5.74, 6) is 0.153. The fourth-order valence-electron chi connectivity index (χ4n) is 6.64. The average molecular weight is 657 g/mol. The lowest BCUT2D eigenvalue weighted by Gasteiger charge is -2.43. The predicted molar refractivity (Wildman–Crippen MR) is 177 cm³/mol. The van der Waals surface area contributed by atoms with Gasteiger partial charge in [0.15, 0.2) is 18.1 Å². The fourth-order valence-corrected chi connectivity index (χ4v) is 7.83. The van der Waals surface area contributed by atoms with E-state index in [2.05, 4.69) is 29.2 Å². The molecule has 4 N–H and O–H groups in total. The van der Waals surface area contributed by atoms with Crippen molar-refractivity contribution in [2.75, 3.05) is 24.6 Å². The number of piperidine rings is 1. The van der Waals surface area contributed by atoms with Crippen molar-refractivity contribution in [1.29, 1.82) is 0 Å². The second kappa shape index (κ2) is 12.2. The summed E-state index contributed by atoms with van der Waals surface area (Å²) in [4.78, 5) is 28.3. The highest BCUT2D eigenvalue weighted by Crippen LogP contribution is 2.51. The van der Waals surface area contributed by atoms with E-state index in [1.807, 2.05) is 41.9 Å². The van der Waals surface area contributed by atoms with Crippen molar-refractivity contribution in [3.63, 3.8) is 0 Å². The van der Waals surface area contributed by atoms with Crippen LogP contribution in [0.2, 0.25) is 5.02 Å². The van der Waals surface area contributed by atoms with Crippen molar-refractivity contribution in [2.24, 2.45) is 11.1 Å². The Bertz CT molecular complexity index is 1940. The fraction of sp³-hybridized carbons (Fsp3) is 0.294. The maximum Gasteiger partial charge on any atom is 0.341 e. The molecule has 2 aliphatic rings. The molecule has 0 amide bonds. The summed E-state index contributed by atoms with van der Waals surface area (Å²) in [6.45, 7) is 2.91. The number of pyridine rings is 1. The maximum absolute atomic E-state index is 10.8. The number of imidazole rings is 1. The quantitative estimate of drug-likeness (QED) is 0.191. The van der Waals surface area contributed by atoms with Gasteiger partial charge in [-0.15, -0.1) is 0 Å². The molecule has 4 heterocycles.